The van der Waals surface area contributed by atoms with E-state index in [4.69, 9.17) is 16.7 Å². The zero-order valence-electron chi connectivity index (χ0n) is 24.6. The highest BCUT2D eigenvalue weighted by atomic mass is 35.5. The van der Waals surface area contributed by atoms with Gasteiger partial charge in [-0.05, 0) is 19.3 Å². The van der Waals surface area contributed by atoms with E-state index in [0.717, 1.165) is 30.7 Å². The van der Waals surface area contributed by atoms with E-state index in [9.17, 15) is 4.79 Å². The van der Waals surface area contributed by atoms with Crippen molar-refractivity contribution in [1.29, 1.82) is 0 Å². The van der Waals surface area contributed by atoms with E-state index in [1.807, 2.05) is 0 Å². The Morgan fingerprint density at radius 1 is 0.541 bits per heavy atom. The van der Waals surface area contributed by atoms with Gasteiger partial charge in [0.15, 0.2) is 0 Å². The first-order chi connectivity index (χ1) is 18.1. The second-order valence-electron chi connectivity index (χ2n) is 11.4. The Balaban J connectivity index is 3.10. The van der Waals surface area contributed by atoms with E-state index < -0.39 is 5.97 Å². The first-order valence-electron chi connectivity index (χ1n) is 16.3. The summed E-state index contributed by atoms with van der Waals surface area (Å²) >= 11 is 5.80. The van der Waals surface area contributed by atoms with Gasteiger partial charge in [-0.15, -0.1) is 6.58 Å². The van der Waals surface area contributed by atoms with Crippen LogP contribution in [0.15, 0.2) is 24.3 Å². The highest BCUT2D eigenvalue weighted by Gasteiger charge is 2.11. The highest BCUT2D eigenvalue weighted by Crippen LogP contribution is 2.17. The standard InChI is InChI=1S/C34H63ClO2/c1-3-33(34(36)37)31-29-27-25-23-21-19-17-15-13-11-9-7-5-4-6-8-10-12-14-16-18-20-22-24-26-28-30-32(2)35/h3,33H,1-2,4-31H2,(H,36,37). The molecule has 0 amide bonds. The average molecular weight is 539 g/mol. The minimum atomic E-state index is -0.730. The van der Waals surface area contributed by atoms with Gasteiger partial charge in [0, 0.05) is 5.03 Å². The second kappa shape index (κ2) is 29.8. The minimum absolute atomic E-state index is 0.357. The summed E-state index contributed by atoms with van der Waals surface area (Å²) in [4.78, 5) is 10.9. The Morgan fingerprint density at radius 2 is 0.784 bits per heavy atom. The smallest absolute Gasteiger partial charge is 0.310 e. The largest absolute Gasteiger partial charge is 0.481 e. The van der Waals surface area contributed by atoms with Crippen LogP contribution in [-0.2, 0) is 4.79 Å². The van der Waals surface area contributed by atoms with Crippen LogP contribution in [0.3, 0.4) is 0 Å². The summed E-state index contributed by atoms with van der Waals surface area (Å²) in [5.41, 5.74) is 0. The lowest BCUT2D eigenvalue weighted by Crippen LogP contribution is -2.10. The molecule has 0 aromatic rings. The SMILES string of the molecule is C=CC(CCCCCCCCCCCCCCCCCCCCCCCCCCCCC(=C)Cl)C(=O)O. The molecule has 1 atom stereocenters. The Hall–Kier alpha value is -0.760. The van der Waals surface area contributed by atoms with E-state index in [0.29, 0.717) is 0 Å². The quantitative estimate of drug-likeness (QED) is 0.0703. The predicted molar refractivity (Wildman–Crippen MR) is 166 cm³/mol. The number of rotatable bonds is 31. The van der Waals surface area contributed by atoms with E-state index >= 15 is 0 Å². The summed E-state index contributed by atoms with van der Waals surface area (Å²) in [7, 11) is 0. The molecule has 0 saturated heterocycles. The van der Waals surface area contributed by atoms with E-state index in [1.165, 1.54) is 154 Å². The van der Waals surface area contributed by atoms with E-state index in [2.05, 4.69) is 13.2 Å². The van der Waals surface area contributed by atoms with Gasteiger partial charge in [0.25, 0.3) is 0 Å². The van der Waals surface area contributed by atoms with E-state index in [1.54, 1.807) is 6.08 Å². The van der Waals surface area contributed by atoms with Gasteiger partial charge in [-0.1, -0.05) is 185 Å². The minimum Gasteiger partial charge on any atom is -0.481 e. The van der Waals surface area contributed by atoms with Gasteiger partial charge >= 0.3 is 5.97 Å². The molecule has 1 N–H and O–H groups in total. The van der Waals surface area contributed by atoms with Crippen LogP contribution in [0.5, 0.6) is 0 Å². The van der Waals surface area contributed by atoms with Crippen molar-refractivity contribution in [2.75, 3.05) is 0 Å². The molecule has 0 aliphatic heterocycles. The number of halogens is 1. The molecule has 0 spiro atoms. The van der Waals surface area contributed by atoms with Crippen molar-refractivity contribution in [3.8, 4) is 0 Å². The Bertz CT molecular complexity index is 516. The summed E-state index contributed by atoms with van der Waals surface area (Å²) < 4.78 is 0. The third-order valence-corrected chi connectivity index (χ3v) is 8.00. The molecule has 0 aliphatic carbocycles. The predicted octanol–water partition coefficient (Wildman–Crippen LogP) is 12.5. The lowest BCUT2D eigenvalue weighted by Gasteiger charge is -2.06. The molecule has 3 heteroatoms. The molecule has 2 nitrogen and oxygen atoms in total. The van der Waals surface area contributed by atoms with Gasteiger partial charge in [0.05, 0.1) is 5.92 Å². The molecule has 0 bridgehead atoms. The molecule has 0 heterocycles. The molecule has 0 aliphatic rings. The number of hydrogen-bond acceptors (Lipinski definition) is 1. The molecule has 0 rings (SSSR count). The second-order valence-corrected chi connectivity index (χ2v) is 12.0. The van der Waals surface area contributed by atoms with Crippen molar-refractivity contribution in [2.45, 2.75) is 180 Å². The molecule has 0 saturated carbocycles. The molecule has 0 aromatic carbocycles. The number of carbonyl (C=O) groups is 1. The van der Waals surface area contributed by atoms with Crippen LogP contribution in [0.1, 0.15) is 180 Å². The summed E-state index contributed by atoms with van der Waals surface area (Å²) in [5.74, 6) is -1.09. The van der Waals surface area contributed by atoms with Crippen LogP contribution in [0, 0.1) is 5.92 Å². The number of carboxylic acids is 1. The Kier molecular flexibility index (Phi) is 29.2. The molecule has 0 radical (unpaired) electrons. The van der Waals surface area contributed by atoms with Gasteiger partial charge in [0.1, 0.15) is 0 Å². The molecule has 0 fully saturated rings. The molecule has 218 valence electrons. The molecule has 37 heavy (non-hydrogen) atoms. The maximum atomic E-state index is 10.9. The maximum Gasteiger partial charge on any atom is 0.310 e. The normalized spacial score (nSPS) is 12.0. The van der Waals surface area contributed by atoms with E-state index in [-0.39, 0.29) is 5.92 Å². The third-order valence-electron chi connectivity index (χ3n) is 7.81. The summed E-state index contributed by atoms with van der Waals surface area (Å²) in [6, 6.07) is 0. The van der Waals surface area contributed by atoms with Crippen molar-refractivity contribution >= 4 is 17.6 Å². The zero-order valence-corrected chi connectivity index (χ0v) is 25.4. The van der Waals surface area contributed by atoms with Crippen LogP contribution in [-0.4, -0.2) is 11.1 Å². The number of hydrogen-bond donors (Lipinski definition) is 1. The zero-order chi connectivity index (χ0) is 27.2. The van der Waals surface area contributed by atoms with Crippen molar-refractivity contribution < 1.29 is 9.90 Å². The van der Waals surface area contributed by atoms with Crippen molar-refractivity contribution in [3.05, 3.63) is 24.3 Å². The van der Waals surface area contributed by atoms with Crippen molar-refractivity contribution in [3.63, 3.8) is 0 Å². The van der Waals surface area contributed by atoms with Crippen LogP contribution in [0.2, 0.25) is 0 Å². The first-order valence-corrected chi connectivity index (χ1v) is 16.6. The Morgan fingerprint density at radius 3 is 1.00 bits per heavy atom. The number of carboxylic acid groups (broad SMARTS) is 1. The van der Waals surface area contributed by atoms with Crippen LogP contribution >= 0.6 is 11.6 Å². The van der Waals surface area contributed by atoms with Crippen LogP contribution in [0.4, 0.5) is 0 Å². The lowest BCUT2D eigenvalue weighted by molar-refractivity contribution is -0.140. The fourth-order valence-electron chi connectivity index (χ4n) is 5.27. The maximum absolute atomic E-state index is 10.9. The van der Waals surface area contributed by atoms with Crippen LogP contribution < -0.4 is 0 Å². The van der Waals surface area contributed by atoms with Gasteiger partial charge < -0.3 is 5.11 Å². The molecular weight excluding hydrogens is 476 g/mol. The van der Waals surface area contributed by atoms with Gasteiger partial charge in [-0.25, -0.2) is 0 Å². The topological polar surface area (TPSA) is 37.3 Å². The van der Waals surface area contributed by atoms with Crippen molar-refractivity contribution in [2.24, 2.45) is 5.92 Å². The third kappa shape index (κ3) is 29.6. The van der Waals surface area contributed by atoms with Gasteiger partial charge in [-0.2, -0.15) is 0 Å². The Labute approximate surface area is 237 Å². The lowest BCUT2D eigenvalue weighted by atomic mass is 10.00. The molecular formula is C34H63ClO2. The number of unbranched alkanes of at least 4 members (excludes halogenated alkanes) is 25. The number of allylic oxidation sites excluding steroid dienone is 1. The van der Waals surface area contributed by atoms with Crippen molar-refractivity contribution in [1.82, 2.24) is 0 Å². The monoisotopic (exact) mass is 538 g/mol. The average Bonchev–Trinajstić information content (AvgIpc) is 2.87. The fourth-order valence-corrected chi connectivity index (χ4v) is 5.40. The van der Waals surface area contributed by atoms with Crippen LogP contribution in [0.25, 0.3) is 0 Å². The number of aliphatic carboxylic acids is 1. The van der Waals surface area contributed by atoms with Gasteiger partial charge in [-0.3, -0.25) is 4.79 Å². The summed E-state index contributed by atoms with van der Waals surface area (Å²) in [5, 5.41) is 9.82. The highest BCUT2D eigenvalue weighted by molar-refractivity contribution is 6.29. The molecule has 1 unspecified atom stereocenters. The van der Waals surface area contributed by atoms with Gasteiger partial charge in [0.2, 0.25) is 0 Å². The summed E-state index contributed by atoms with van der Waals surface area (Å²) in [6.07, 6.45) is 38.9. The fraction of sp³-hybridized carbons (Fsp3) is 0.853. The first kappa shape index (κ1) is 36.2. The molecule has 0 aromatic heterocycles. The summed E-state index contributed by atoms with van der Waals surface area (Å²) in [6.45, 7) is 7.37.